The molecule has 3 rings (SSSR count). The fraction of sp³-hybridized carbons (Fsp3) is 0.435. The molecule has 1 heterocycles. The van der Waals surface area contributed by atoms with E-state index < -0.39 is 0 Å². The molecule has 28 heavy (non-hydrogen) atoms. The van der Waals surface area contributed by atoms with E-state index >= 15 is 0 Å². The maximum absolute atomic E-state index is 12.3. The van der Waals surface area contributed by atoms with Crippen molar-refractivity contribution < 1.29 is 14.3 Å². The number of para-hydroxylation sites is 1. The van der Waals surface area contributed by atoms with E-state index in [2.05, 4.69) is 48.3 Å². The summed E-state index contributed by atoms with van der Waals surface area (Å²) in [6.45, 7) is 8.16. The SMILES string of the molecule is CC(C)c1ccc(C(CNC(=O)COc2ccccc2)N2CCOCC2)cc1. The summed E-state index contributed by atoms with van der Waals surface area (Å²) in [7, 11) is 0. The molecule has 5 heteroatoms. The van der Waals surface area contributed by atoms with Crippen LogP contribution in [0.2, 0.25) is 0 Å². The predicted octanol–water partition coefficient (Wildman–Crippen LogP) is 3.38. The number of nitrogens with one attached hydrogen (secondary N) is 1. The Hall–Kier alpha value is -2.37. The zero-order valence-electron chi connectivity index (χ0n) is 16.8. The summed E-state index contributed by atoms with van der Waals surface area (Å²) < 4.78 is 11.0. The van der Waals surface area contributed by atoms with Gasteiger partial charge in [-0.05, 0) is 29.2 Å². The van der Waals surface area contributed by atoms with Crippen LogP contribution in [0.25, 0.3) is 0 Å². The lowest BCUT2D eigenvalue weighted by Gasteiger charge is -2.35. The number of hydrogen-bond acceptors (Lipinski definition) is 4. The van der Waals surface area contributed by atoms with Crippen molar-refractivity contribution >= 4 is 5.91 Å². The molecule has 0 spiro atoms. The van der Waals surface area contributed by atoms with Crippen LogP contribution in [0.5, 0.6) is 5.75 Å². The third kappa shape index (κ3) is 5.81. The molecule has 1 aliphatic rings. The summed E-state index contributed by atoms with van der Waals surface area (Å²) in [5.41, 5.74) is 2.54. The van der Waals surface area contributed by atoms with Crippen LogP contribution in [0.4, 0.5) is 0 Å². The summed E-state index contributed by atoms with van der Waals surface area (Å²) in [6.07, 6.45) is 0. The second-order valence-electron chi connectivity index (χ2n) is 7.39. The molecular formula is C23H30N2O3. The highest BCUT2D eigenvalue weighted by Gasteiger charge is 2.23. The largest absolute Gasteiger partial charge is 0.484 e. The molecular weight excluding hydrogens is 352 g/mol. The van der Waals surface area contributed by atoms with Crippen LogP contribution in [0, 0.1) is 0 Å². The van der Waals surface area contributed by atoms with Crippen molar-refractivity contribution in [2.75, 3.05) is 39.5 Å². The number of hydrogen-bond donors (Lipinski definition) is 1. The molecule has 0 aromatic heterocycles. The highest BCUT2D eigenvalue weighted by Crippen LogP contribution is 2.24. The van der Waals surface area contributed by atoms with Crippen molar-refractivity contribution in [1.29, 1.82) is 0 Å². The Morgan fingerprint density at radius 3 is 2.32 bits per heavy atom. The van der Waals surface area contributed by atoms with Gasteiger partial charge in [0.1, 0.15) is 5.75 Å². The molecule has 1 unspecified atom stereocenters. The molecule has 1 saturated heterocycles. The molecule has 1 N–H and O–H groups in total. The first-order chi connectivity index (χ1) is 13.6. The summed E-state index contributed by atoms with van der Waals surface area (Å²) >= 11 is 0. The van der Waals surface area contributed by atoms with Gasteiger partial charge in [0.2, 0.25) is 0 Å². The Morgan fingerprint density at radius 2 is 1.68 bits per heavy atom. The molecule has 0 bridgehead atoms. The summed E-state index contributed by atoms with van der Waals surface area (Å²) in [5, 5.41) is 3.04. The lowest BCUT2D eigenvalue weighted by Crippen LogP contribution is -2.44. The zero-order chi connectivity index (χ0) is 19.8. The summed E-state index contributed by atoms with van der Waals surface area (Å²) in [5.74, 6) is 1.10. The number of carbonyl (C=O) groups excluding carboxylic acids is 1. The van der Waals surface area contributed by atoms with Crippen molar-refractivity contribution in [2.45, 2.75) is 25.8 Å². The average molecular weight is 383 g/mol. The van der Waals surface area contributed by atoms with Gasteiger partial charge in [-0.25, -0.2) is 0 Å². The van der Waals surface area contributed by atoms with Gasteiger partial charge in [-0.1, -0.05) is 56.3 Å². The summed E-state index contributed by atoms with van der Waals surface area (Å²) in [4.78, 5) is 14.7. The Morgan fingerprint density at radius 1 is 1.04 bits per heavy atom. The van der Waals surface area contributed by atoms with Gasteiger partial charge in [-0.3, -0.25) is 9.69 Å². The number of benzene rings is 2. The van der Waals surface area contributed by atoms with E-state index in [1.165, 1.54) is 11.1 Å². The molecule has 2 aromatic carbocycles. The Balaban J connectivity index is 1.61. The molecule has 1 fully saturated rings. The standard InChI is InChI=1S/C23H30N2O3/c1-18(2)19-8-10-20(11-9-19)22(25-12-14-27-15-13-25)16-24-23(26)17-28-21-6-4-3-5-7-21/h3-11,18,22H,12-17H2,1-2H3,(H,24,26). The smallest absolute Gasteiger partial charge is 0.258 e. The van der Waals surface area contributed by atoms with Gasteiger partial charge in [0.05, 0.1) is 19.3 Å². The number of amides is 1. The highest BCUT2D eigenvalue weighted by molar-refractivity contribution is 5.77. The molecule has 0 radical (unpaired) electrons. The molecule has 0 aliphatic carbocycles. The Labute approximate surface area is 167 Å². The van der Waals surface area contributed by atoms with Crippen LogP contribution in [0.3, 0.4) is 0 Å². The third-order valence-electron chi connectivity index (χ3n) is 5.08. The summed E-state index contributed by atoms with van der Waals surface area (Å²) in [6, 6.07) is 18.3. The van der Waals surface area contributed by atoms with Crippen molar-refractivity contribution in [3.8, 4) is 5.75 Å². The van der Waals surface area contributed by atoms with Gasteiger partial charge < -0.3 is 14.8 Å². The minimum absolute atomic E-state index is 0.0200. The molecule has 1 aliphatic heterocycles. The van der Waals surface area contributed by atoms with Crippen molar-refractivity contribution in [3.05, 3.63) is 65.7 Å². The molecule has 5 nitrogen and oxygen atoms in total. The number of morpholine rings is 1. The van der Waals surface area contributed by atoms with Gasteiger partial charge in [0.25, 0.3) is 5.91 Å². The van der Waals surface area contributed by atoms with E-state index in [9.17, 15) is 4.79 Å². The average Bonchev–Trinajstić information content (AvgIpc) is 2.74. The second kappa shape index (κ2) is 10.2. The quantitative estimate of drug-likeness (QED) is 0.760. The lowest BCUT2D eigenvalue weighted by molar-refractivity contribution is -0.123. The van der Waals surface area contributed by atoms with Crippen molar-refractivity contribution in [3.63, 3.8) is 0 Å². The van der Waals surface area contributed by atoms with Crippen LogP contribution in [0.1, 0.15) is 36.9 Å². The minimum atomic E-state index is -0.110. The number of rotatable bonds is 8. The van der Waals surface area contributed by atoms with Gasteiger partial charge in [0, 0.05) is 19.6 Å². The monoisotopic (exact) mass is 382 g/mol. The van der Waals surface area contributed by atoms with Gasteiger partial charge in [0.15, 0.2) is 6.61 Å². The maximum atomic E-state index is 12.3. The van der Waals surface area contributed by atoms with E-state index in [-0.39, 0.29) is 18.6 Å². The predicted molar refractivity (Wildman–Crippen MR) is 111 cm³/mol. The highest BCUT2D eigenvalue weighted by atomic mass is 16.5. The second-order valence-corrected chi connectivity index (χ2v) is 7.39. The first kappa shape index (κ1) is 20.4. The van der Waals surface area contributed by atoms with E-state index in [4.69, 9.17) is 9.47 Å². The zero-order valence-corrected chi connectivity index (χ0v) is 16.8. The third-order valence-corrected chi connectivity index (χ3v) is 5.08. The maximum Gasteiger partial charge on any atom is 0.258 e. The van der Waals surface area contributed by atoms with Crippen LogP contribution in [-0.2, 0) is 9.53 Å². The number of ether oxygens (including phenoxy) is 2. The fourth-order valence-corrected chi connectivity index (χ4v) is 3.38. The Bertz CT molecular complexity index is 725. The normalized spacial score (nSPS) is 16.0. The van der Waals surface area contributed by atoms with E-state index in [1.807, 2.05) is 30.3 Å². The van der Waals surface area contributed by atoms with Crippen molar-refractivity contribution in [1.82, 2.24) is 10.2 Å². The van der Waals surface area contributed by atoms with Crippen molar-refractivity contribution in [2.24, 2.45) is 0 Å². The van der Waals surface area contributed by atoms with Gasteiger partial charge >= 0.3 is 0 Å². The number of carbonyl (C=O) groups is 1. The van der Waals surface area contributed by atoms with Crippen LogP contribution in [-0.4, -0.2) is 50.3 Å². The molecule has 1 amide bonds. The minimum Gasteiger partial charge on any atom is -0.484 e. The van der Waals surface area contributed by atoms with Crippen LogP contribution in [0.15, 0.2) is 54.6 Å². The topological polar surface area (TPSA) is 50.8 Å². The fourth-order valence-electron chi connectivity index (χ4n) is 3.38. The van der Waals surface area contributed by atoms with E-state index in [0.29, 0.717) is 18.2 Å². The van der Waals surface area contributed by atoms with Gasteiger partial charge in [-0.2, -0.15) is 0 Å². The van der Waals surface area contributed by atoms with Gasteiger partial charge in [-0.15, -0.1) is 0 Å². The van der Waals surface area contributed by atoms with Crippen LogP contribution >= 0.6 is 0 Å². The van der Waals surface area contributed by atoms with E-state index in [1.54, 1.807) is 0 Å². The first-order valence-electron chi connectivity index (χ1n) is 9.99. The van der Waals surface area contributed by atoms with E-state index in [0.717, 1.165) is 26.3 Å². The molecule has 2 aromatic rings. The molecule has 150 valence electrons. The van der Waals surface area contributed by atoms with Crippen LogP contribution < -0.4 is 10.1 Å². The number of nitrogens with zero attached hydrogens (tertiary/aromatic N) is 1. The lowest BCUT2D eigenvalue weighted by atomic mass is 9.98. The first-order valence-corrected chi connectivity index (χ1v) is 9.99. The molecule has 0 saturated carbocycles. The Kier molecular flexibility index (Phi) is 7.46. The molecule has 1 atom stereocenters.